The fourth-order valence-electron chi connectivity index (χ4n) is 7.95. The predicted molar refractivity (Wildman–Crippen MR) is 138 cm³/mol. The molecule has 2 saturated carbocycles. The van der Waals surface area contributed by atoms with Crippen molar-refractivity contribution >= 4 is 5.91 Å². The second-order valence-corrected chi connectivity index (χ2v) is 12.2. The third-order valence-electron chi connectivity index (χ3n) is 9.96. The molecule has 0 radical (unpaired) electrons. The number of piperidine rings is 1. The van der Waals surface area contributed by atoms with Crippen LogP contribution in [0.3, 0.4) is 0 Å². The molecule has 5 rings (SSSR count). The SMILES string of the molecule is CC(=O)N1CCC2CCCC(NC3CCNC(NC4CCC(N5CCN(C)CC5)CC4C)C3)C21. The minimum atomic E-state index is 0.271. The van der Waals surface area contributed by atoms with Crippen LogP contribution >= 0.6 is 0 Å². The van der Waals surface area contributed by atoms with Gasteiger partial charge >= 0.3 is 0 Å². The zero-order valence-electron chi connectivity index (χ0n) is 22.0. The zero-order chi connectivity index (χ0) is 23.7. The molecular formula is C27H50N6O. The van der Waals surface area contributed by atoms with Crippen molar-refractivity contribution in [3.63, 3.8) is 0 Å². The van der Waals surface area contributed by atoms with E-state index < -0.39 is 0 Å². The van der Waals surface area contributed by atoms with E-state index in [0.29, 0.717) is 36.3 Å². The van der Waals surface area contributed by atoms with Crippen LogP contribution in [0.1, 0.15) is 71.6 Å². The maximum Gasteiger partial charge on any atom is 0.219 e. The summed E-state index contributed by atoms with van der Waals surface area (Å²) in [7, 11) is 2.25. The van der Waals surface area contributed by atoms with Gasteiger partial charge in [-0.1, -0.05) is 13.3 Å². The maximum atomic E-state index is 12.3. The number of nitrogens with one attached hydrogen (secondary N) is 3. The van der Waals surface area contributed by atoms with Crippen molar-refractivity contribution in [1.29, 1.82) is 0 Å². The Hall–Kier alpha value is -0.730. The molecular weight excluding hydrogens is 424 g/mol. The van der Waals surface area contributed by atoms with Crippen molar-refractivity contribution in [2.45, 2.75) is 108 Å². The van der Waals surface area contributed by atoms with Crippen LogP contribution in [0, 0.1) is 11.8 Å². The number of piperazine rings is 1. The number of carbonyl (C=O) groups is 1. The monoisotopic (exact) mass is 474 g/mol. The van der Waals surface area contributed by atoms with Crippen LogP contribution in [-0.2, 0) is 4.79 Å². The molecule has 3 N–H and O–H groups in total. The van der Waals surface area contributed by atoms with E-state index >= 15 is 0 Å². The number of hydrogen-bond donors (Lipinski definition) is 3. The largest absolute Gasteiger partial charge is 0.338 e. The van der Waals surface area contributed by atoms with Crippen molar-refractivity contribution < 1.29 is 4.79 Å². The van der Waals surface area contributed by atoms with Gasteiger partial charge in [-0.05, 0) is 76.8 Å². The van der Waals surface area contributed by atoms with Crippen molar-refractivity contribution in [3.05, 3.63) is 0 Å². The molecule has 5 aliphatic rings. The Morgan fingerprint density at radius 2 is 1.71 bits per heavy atom. The fourth-order valence-corrected chi connectivity index (χ4v) is 7.95. The maximum absolute atomic E-state index is 12.3. The first-order valence-corrected chi connectivity index (χ1v) is 14.4. The normalized spacial score (nSPS) is 42.5. The Labute approximate surface area is 207 Å². The van der Waals surface area contributed by atoms with E-state index in [1.165, 1.54) is 77.5 Å². The molecule has 34 heavy (non-hydrogen) atoms. The molecule has 194 valence electrons. The van der Waals surface area contributed by atoms with Gasteiger partial charge in [0.1, 0.15) is 0 Å². The number of rotatable bonds is 5. The minimum Gasteiger partial charge on any atom is -0.338 e. The molecule has 7 nitrogen and oxygen atoms in total. The van der Waals surface area contributed by atoms with E-state index in [4.69, 9.17) is 0 Å². The molecule has 2 aliphatic carbocycles. The number of likely N-dealkylation sites (N-methyl/N-ethyl adjacent to an activating group) is 1. The summed E-state index contributed by atoms with van der Waals surface area (Å²) in [4.78, 5) is 19.7. The molecule has 0 spiro atoms. The van der Waals surface area contributed by atoms with Crippen molar-refractivity contribution in [2.75, 3.05) is 46.3 Å². The molecule has 3 aliphatic heterocycles. The summed E-state index contributed by atoms with van der Waals surface area (Å²) < 4.78 is 0. The predicted octanol–water partition coefficient (Wildman–Crippen LogP) is 1.84. The van der Waals surface area contributed by atoms with E-state index in [1.54, 1.807) is 6.92 Å². The van der Waals surface area contributed by atoms with Gasteiger partial charge < -0.3 is 20.4 Å². The molecule has 1 amide bonds. The van der Waals surface area contributed by atoms with Gasteiger partial charge in [-0.3, -0.25) is 15.0 Å². The van der Waals surface area contributed by atoms with Gasteiger partial charge in [0.15, 0.2) is 0 Å². The third kappa shape index (κ3) is 5.64. The lowest BCUT2D eigenvalue weighted by Gasteiger charge is -2.45. The first kappa shape index (κ1) is 24.9. The highest BCUT2D eigenvalue weighted by atomic mass is 16.2. The lowest BCUT2D eigenvalue weighted by atomic mass is 9.80. The van der Waals surface area contributed by atoms with E-state index in [1.807, 2.05) is 0 Å². The lowest BCUT2D eigenvalue weighted by Crippen LogP contribution is -2.61. The second-order valence-electron chi connectivity index (χ2n) is 12.2. The van der Waals surface area contributed by atoms with Gasteiger partial charge in [0.05, 0.1) is 6.17 Å². The van der Waals surface area contributed by atoms with Crippen molar-refractivity contribution in [2.24, 2.45) is 11.8 Å². The van der Waals surface area contributed by atoms with Crippen LogP contribution in [0.25, 0.3) is 0 Å². The highest BCUT2D eigenvalue weighted by Gasteiger charge is 2.43. The van der Waals surface area contributed by atoms with Crippen LogP contribution in [0.2, 0.25) is 0 Å². The molecule has 3 heterocycles. The zero-order valence-corrected chi connectivity index (χ0v) is 22.0. The molecule has 3 saturated heterocycles. The Kier molecular flexibility index (Phi) is 8.16. The van der Waals surface area contributed by atoms with Crippen LogP contribution < -0.4 is 16.0 Å². The number of fused-ring (bicyclic) bond motifs is 1. The highest BCUT2D eigenvalue weighted by Crippen LogP contribution is 2.37. The van der Waals surface area contributed by atoms with Gasteiger partial charge in [-0.2, -0.15) is 0 Å². The van der Waals surface area contributed by atoms with Crippen LogP contribution in [0.5, 0.6) is 0 Å². The second kappa shape index (κ2) is 11.1. The molecule has 8 unspecified atom stereocenters. The Bertz CT molecular complexity index is 682. The average Bonchev–Trinajstić information content (AvgIpc) is 3.27. The Balaban J connectivity index is 1.11. The lowest BCUT2D eigenvalue weighted by molar-refractivity contribution is -0.131. The number of hydrogen-bond acceptors (Lipinski definition) is 6. The van der Waals surface area contributed by atoms with Crippen LogP contribution in [-0.4, -0.2) is 103 Å². The van der Waals surface area contributed by atoms with Gasteiger partial charge in [0, 0.05) is 69.9 Å². The smallest absolute Gasteiger partial charge is 0.219 e. The van der Waals surface area contributed by atoms with Gasteiger partial charge in [-0.15, -0.1) is 0 Å². The first-order chi connectivity index (χ1) is 16.5. The number of amides is 1. The average molecular weight is 475 g/mol. The van der Waals surface area contributed by atoms with E-state index in [-0.39, 0.29) is 5.91 Å². The standard InChI is InChI=1S/C27H50N6O/c1-19-17-23(32-15-13-31(3)14-16-32)7-8-24(19)30-26-18-22(9-11-28-26)29-25-6-4-5-21-10-12-33(20(2)34)27(21)25/h19,21-30H,4-18H2,1-3H3. The fraction of sp³-hybridized carbons (Fsp3) is 0.963. The van der Waals surface area contributed by atoms with Crippen LogP contribution in [0.4, 0.5) is 0 Å². The molecule has 8 atom stereocenters. The first-order valence-electron chi connectivity index (χ1n) is 14.4. The summed E-state index contributed by atoms with van der Waals surface area (Å²) >= 11 is 0. The summed E-state index contributed by atoms with van der Waals surface area (Å²) in [6.07, 6.45) is 11.8. The Morgan fingerprint density at radius 3 is 2.47 bits per heavy atom. The summed E-state index contributed by atoms with van der Waals surface area (Å²) in [6.45, 7) is 11.2. The number of carbonyl (C=O) groups excluding carboxylic acids is 1. The van der Waals surface area contributed by atoms with E-state index in [0.717, 1.165) is 31.5 Å². The molecule has 0 aromatic heterocycles. The molecule has 0 aromatic carbocycles. The molecule has 0 aromatic rings. The summed E-state index contributed by atoms with van der Waals surface area (Å²) in [5, 5.41) is 11.9. The molecule has 7 heteroatoms. The Morgan fingerprint density at radius 1 is 0.882 bits per heavy atom. The molecule has 0 bridgehead atoms. The summed E-state index contributed by atoms with van der Waals surface area (Å²) in [5.41, 5.74) is 0. The number of nitrogens with zero attached hydrogens (tertiary/aromatic N) is 3. The molecule has 5 fully saturated rings. The number of likely N-dealkylation sites (tertiary alicyclic amines) is 1. The topological polar surface area (TPSA) is 62.9 Å². The quantitative estimate of drug-likeness (QED) is 0.565. The van der Waals surface area contributed by atoms with Gasteiger partial charge in [0.2, 0.25) is 5.91 Å². The highest BCUT2D eigenvalue weighted by molar-refractivity contribution is 5.74. The summed E-state index contributed by atoms with van der Waals surface area (Å²) in [5.74, 6) is 1.71. The van der Waals surface area contributed by atoms with Gasteiger partial charge in [0.25, 0.3) is 0 Å². The van der Waals surface area contributed by atoms with Crippen LogP contribution in [0.15, 0.2) is 0 Å². The van der Waals surface area contributed by atoms with Gasteiger partial charge in [-0.25, -0.2) is 0 Å². The van der Waals surface area contributed by atoms with E-state index in [9.17, 15) is 4.79 Å². The summed E-state index contributed by atoms with van der Waals surface area (Å²) in [6, 6.07) is 2.87. The van der Waals surface area contributed by atoms with Crippen molar-refractivity contribution in [3.8, 4) is 0 Å². The minimum absolute atomic E-state index is 0.271. The third-order valence-corrected chi connectivity index (χ3v) is 9.96. The van der Waals surface area contributed by atoms with Crippen molar-refractivity contribution in [1.82, 2.24) is 30.7 Å². The van der Waals surface area contributed by atoms with E-state index in [2.05, 4.69) is 44.6 Å².